The number of aryl methyl sites for hydroxylation is 2. The second-order valence-electron chi connectivity index (χ2n) is 7.73. The average Bonchev–Trinajstić information content (AvgIpc) is 3.25. The molecule has 0 atom stereocenters. The molecule has 174 valence electrons. The number of hydrogen-bond donors (Lipinski definition) is 1. The third-order valence-electron chi connectivity index (χ3n) is 5.14. The molecular weight excluding hydrogens is 512 g/mol. The minimum atomic E-state index is -0.103. The molecule has 8 heteroatoms. The summed E-state index contributed by atoms with van der Waals surface area (Å²) in [6.45, 7) is 6.57. The van der Waals surface area contributed by atoms with E-state index in [1.54, 1.807) is 0 Å². The van der Waals surface area contributed by atoms with Crippen molar-refractivity contribution in [3.05, 3.63) is 82.3 Å². The van der Waals surface area contributed by atoms with Gasteiger partial charge in [0.15, 0.2) is 11.0 Å². The van der Waals surface area contributed by atoms with Crippen molar-refractivity contribution in [2.75, 3.05) is 17.7 Å². The van der Waals surface area contributed by atoms with Gasteiger partial charge in [-0.3, -0.25) is 9.36 Å². The lowest BCUT2D eigenvalue weighted by atomic mass is 10.1. The van der Waals surface area contributed by atoms with Crippen LogP contribution in [0.5, 0.6) is 5.75 Å². The molecular formula is C26H25BrN4O2S. The van der Waals surface area contributed by atoms with Crippen molar-refractivity contribution in [1.29, 1.82) is 0 Å². The number of hydrogen-bond acceptors (Lipinski definition) is 5. The van der Waals surface area contributed by atoms with E-state index in [0.717, 1.165) is 38.5 Å². The molecule has 0 aliphatic heterocycles. The maximum atomic E-state index is 12.7. The molecule has 1 aromatic heterocycles. The second kappa shape index (κ2) is 10.9. The Morgan fingerprint density at radius 2 is 1.76 bits per heavy atom. The van der Waals surface area contributed by atoms with Crippen molar-refractivity contribution >= 4 is 39.3 Å². The Kier molecular flexibility index (Phi) is 7.70. The van der Waals surface area contributed by atoms with E-state index in [1.165, 1.54) is 17.3 Å². The summed E-state index contributed by atoms with van der Waals surface area (Å²) in [5.74, 6) is 1.62. The van der Waals surface area contributed by atoms with Gasteiger partial charge in [-0.25, -0.2) is 0 Å². The summed E-state index contributed by atoms with van der Waals surface area (Å²) in [6.07, 6.45) is 0. The zero-order valence-electron chi connectivity index (χ0n) is 19.2. The lowest BCUT2D eigenvalue weighted by Gasteiger charge is -2.12. The highest BCUT2D eigenvalue weighted by Crippen LogP contribution is 2.29. The molecule has 1 heterocycles. The second-order valence-corrected chi connectivity index (χ2v) is 9.59. The highest BCUT2D eigenvalue weighted by atomic mass is 79.9. The van der Waals surface area contributed by atoms with Crippen LogP contribution in [0, 0.1) is 13.8 Å². The number of carbonyl (C=O) groups is 1. The number of halogens is 1. The Labute approximate surface area is 211 Å². The zero-order valence-corrected chi connectivity index (χ0v) is 21.6. The number of nitrogens with zero attached hydrogens (tertiary/aromatic N) is 3. The van der Waals surface area contributed by atoms with E-state index in [4.69, 9.17) is 4.74 Å². The van der Waals surface area contributed by atoms with Crippen LogP contribution in [-0.2, 0) is 4.79 Å². The number of carbonyl (C=O) groups excluding carboxylic acids is 1. The summed E-state index contributed by atoms with van der Waals surface area (Å²) in [5, 5.41) is 12.5. The average molecular weight is 537 g/mol. The Hall–Kier alpha value is -3.10. The summed E-state index contributed by atoms with van der Waals surface area (Å²) in [5.41, 5.74) is 4.81. The summed E-state index contributed by atoms with van der Waals surface area (Å²) in [7, 11) is 0. The van der Waals surface area contributed by atoms with Crippen LogP contribution >= 0.6 is 27.7 Å². The predicted molar refractivity (Wildman–Crippen MR) is 141 cm³/mol. The molecule has 0 aliphatic carbocycles. The van der Waals surface area contributed by atoms with Crippen LogP contribution in [0.25, 0.3) is 17.1 Å². The maximum absolute atomic E-state index is 12.7. The smallest absolute Gasteiger partial charge is 0.234 e. The number of amides is 1. The largest absolute Gasteiger partial charge is 0.494 e. The number of anilines is 1. The fourth-order valence-electron chi connectivity index (χ4n) is 3.43. The van der Waals surface area contributed by atoms with Crippen LogP contribution in [0.2, 0.25) is 0 Å². The third kappa shape index (κ3) is 5.69. The molecule has 6 nitrogen and oxygen atoms in total. The van der Waals surface area contributed by atoms with Crippen LogP contribution in [0.15, 0.2) is 76.4 Å². The lowest BCUT2D eigenvalue weighted by Crippen LogP contribution is -2.15. The third-order valence-corrected chi connectivity index (χ3v) is 6.57. The van der Waals surface area contributed by atoms with E-state index < -0.39 is 0 Å². The van der Waals surface area contributed by atoms with Crippen molar-refractivity contribution in [2.45, 2.75) is 25.9 Å². The van der Waals surface area contributed by atoms with Crippen LogP contribution in [0.4, 0.5) is 5.69 Å². The van der Waals surface area contributed by atoms with Crippen LogP contribution < -0.4 is 10.1 Å². The summed E-state index contributed by atoms with van der Waals surface area (Å²) >= 11 is 4.80. The Morgan fingerprint density at radius 1 is 1.03 bits per heavy atom. The van der Waals surface area contributed by atoms with Gasteiger partial charge in [0.1, 0.15) is 5.75 Å². The number of nitrogens with one attached hydrogen (secondary N) is 1. The highest BCUT2D eigenvalue weighted by Gasteiger charge is 2.18. The first-order valence-electron chi connectivity index (χ1n) is 10.9. The first-order valence-corrected chi connectivity index (χ1v) is 12.7. The number of benzene rings is 3. The molecule has 0 radical (unpaired) electrons. The van der Waals surface area contributed by atoms with Crippen LogP contribution in [0.3, 0.4) is 0 Å². The predicted octanol–water partition coefficient (Wildman–Crippen LogP) is 6.44. The van der Waals surface area contributed by atoms with Gasteiger partial charge in [0.05, 0.1) is 12.4 Å². The minimum absolute atomic E-state index is 0.103. The van der Waals surface area contributed by atoms with Crippen LogP contribution in [0.1, 0.15) is 18.1 Å². The molecule has 0 unspecified atom stereocenters. The molecule has 3 aromatic carbocycles. The monoisotopic (exact) mass is 536 g/mol. The van der Waals surface area contributed by atoms with Gasteiger partial charge in [-0.15, -0.1) is 10.2 Å². The van der Waals surface area contributed by atoms with Gasteiger partial charge >= 0.3 is 0 Å². The van der Waals surface area contributed by atoms with Gasteiger partial charge in [0, 0.05) is 21.4 Å². The molecule has 34 heavy (non-hydrogen) atoms. The minimum Gasteiger partial charge on any atom is -0.494 e. The van der Waals surface area contributed by atoms with Gasteiger partial charge in [-0.1, -0.05) is 57.5 Å². The molecule has 4 aromatic rings. The zero-order chi connectivity index (χ0) is 24.1. The highest BCUT2D eigenvalue weighted by molar-refractivity contribution is 9.10. The van der Waals surface area contributed by atoms with E-state index in [9.17, 15) is 4.79 Å². The van der Waals surface area contributed by atoms with Gasteiger partial charge < -0.3 is 10.1 Å². The molecule has 4 rings (SSSR count). The lowest BCUT2D eigenvalue weighted by molar-refractivity contribution is -0.113. The molecule has 0 saturated heterocycles. The topological polar surface area (TPSA) is 69.0 Å². The summed E-state index contributed by atoms with van der Waals surface area (Å²) < 4.78 is 8.54. The molecule has 0 fully saturated rings. The molecule has 1 N–H and O–H groups in total. The van der Waals surface area contributed by atoms with Crippen molar-refractivity contribution in [3.63, 3.8) is 0 Å². The first kappa shape index (κ1) is 24.0. The molecule has 0 spiro atoms. The Balaban J connectivity index is 1.60. The van der Waals surface area contributed by atoms with Gasteiger partial charge in [0.25, 0.3) is 0 Å². The van der Waals surface area contributed by atoms with E-state index in [1.807, 2.05) is 92.1 Å². The number of ether oxygens (including phenoxy) is 1. The number of rotatable bonds is 8. The van der Waals surface area contributed by atoms with E-state index >= 15 is 0 Å². The summed E-state index contributed by atoms with van der Waals surface area (Å²) in [4.78, 5) is 12.7. The van der Waals surface area contributed by atoms with E-state index in [0.29, 0.717) is 11.8 Å². The van der Waals surface area contributed by atoms with Crippen molar-refractivity contribution in [3.8, 4) is 22.8 Å². The summed E-state index contributed by atoms with van der Waals surface area (Å²) in [6, 6.07) is 21.7. The molecule has 0 bridgehead atoms. The van der Waals surface area contributed by atoms with E-state index in [2.05, 4.69) is 31.4 Å². The first-order chi connectivity index (χ1) is 16.4. The molecule has 1 amide bonds. The van der Waals surface area contributed by atoms with Gasteiger partial charge in [-0.2, -0.15) is 0 Å². The van der Waals surface area contributed by atoms with Crippen molar-refractivity contribution in [2.24, 2.45) is 0 Å². The standard InChI is InChI=1S/C26H25BrN4O2S/c1-4-33-22-12-10-21(11-13-22)31-25(19-7-5-17(2)6-8-19)29-30-26(31)34-16-24(32)28-23-14-9-20(27)15-18(23)3/h5-15H,4,16H2,1-3H3,(H,28,32). The van der Waals surface area contributed by atoms with Crippen LogP contribution in [-0.4, -0.2) is 33.0 Å². The van der Waals surface area contributed by atoms with Gasteiger partial charge in [0.2, 0.25) is 5.91 Å². The molecule has 0 aliphatic rings. The Morgan fingerprint density at radius 3 is 2.44 bits per heavy atom. The normalized spacial score (nSPS) is 10.8. The fourth-order valence-corrected chi connectivity index (χ4v) is 4.66. The SMILES string of the molecule is CCOc1ccc(-n2c(SCC(=O)Nc3ccc(Br)cc3C)nnc2-c2ccc(C)cc2)cc1. The number of thioether (sulfide) groups is 1. The quantitative estimate of drug-likeness (QED) is 0.262. The molecule has 0 saturated carbocycles. The fraction of sp³-hybridized carbons (Fsp3) is 0.192. The number of aromatic nitrogens is 3. The van der Waals surface area contributed by atoms with Crippen molar-refractivity contribution < 1.29 is 9.53 Å². The maximum Gasteiger partial charge on any atom is 0.234 e. The van der Waals surface area contributed by atoms with Crippen molar-refractivity contribution in [1.82, 2.24) is 14.8 Å². The van der Waals surface area contributed by atoms with Gasteiger partial charge in [-0.05, 0) is 68.8 Å². The Bertz CT molecular complexity index is 1290. The van der Waals surface area contributed by atoms with E-state index in [-0.39, 0.29) is 11.7 Å².